The number of aliphatic hydroxyl groups excluding tert-OH is 1. The summed E-state index contributed by atoms with van der Waals surface area (Å²) in [6, 6.07) is 0. The van der Waals surface area contributed by atoms with Gasteiger partial charge in [0.25, 0.3) is 0 Å². The van der Waals surface area contributed by atoms with Crippen LogP contribution in [0.4, 0.5) is 4.39 Å². The molecule has 7 rings (SSSR count). The standard InChI is InChI=1S/C43H60FN5O6/c1-23(2)31-26(50)19-43(33(52)35-47-48-36(49(35)10)34-45-21-24(44)22-46-34)18-17-41(8)25(32(31)43)11-12-28-40(7)15-14-29(55-30(51)20-38(3,4)37(53)54)39(5,6)27(40)13-16-42(28,41)9/h21-23,25,27-29,33,52H,11-20H2,1-10H3,(H,53,54)/t25-,27+,28-,29+,33-,40+,41-,42-,43-/m1/s1. The van der Waals surface area contributed by atoms with Crippen molar-refractivity contribution in [1.29, 1.82) is 0 Å². The van der Waals surface area contributed by atoms with Crippen molar-refractivity contribution >= 4 is 17.7 Å². The molecule has 12 heteroatoms. The minimum Gasteiger partial charge on any atom is -0.481 e. The number of allylic oxidation sites excluding steroid dienone is 1. The molecule has 2 heterocycles. The topological polar surface area (TPSA) is 157 Å². The molecule has 0 aromatic carbocycles. The van der Waals surface area contributed by atoms with Crippen molar-refractivity contribution in [3.8, 4) is 11.6 Å². The van der Waals surface area contributed by atoms with Gasteiger partial charge in [0.1, 0.15) is 12.2 Å². The lowest BCUT2D eigenvalue weighted by Crippen LogP contribution is -2.66. The molecule has 2 aromatic rings. The summed E-state index contributed by atoms with van der Waals surface area (Å²) < 4.78 is 21.5. The Hall–Kier alpha value is -3.54. The van der Waals surface area contributed by atoms with Crippen molar-refractivity contribution in [1.82, 2.24) is 24.7 Å². The van der Waals surface area contributed by atoms with Crippen LogP contribution in [-0.2, 0) is 26.2 Å². The van der Waals surface area contributed by atoms with Crippen LogP contribution in [0.1, 0.15) is 138 Å². The zero-order valence-corrected chi connectivity index (χ0v) is 34.3. The number of hydrogen-bond acceptors (Lipinski definition) is 9. The number of aliphatic hydroxyl groups is 1. The van der Waals surface area contributed by atoms with E-state index in [1.807, 2.05) is 0 Å². The molecule has 5 aliphatic carbocycles. The van der Waals surface area contributed by atoms with Crippen molar-refractivity contribution in [3.05, 3.63) is 35.2 Å². The third-order valence-corrected chi connectivity index (χ3v) is 16.4. The first-order valence-electron chi connectivity index (χ1n) is 20.3. The van der Waals surface area contributed by atoms with Crippen molar-refractivity contribution in [2.75, 3.05) is 0 Å². The van der Waals surface area contributed by atoms with Gasteiger partial charge in [0.15, 0.2) is 23.2 Å². The van der Waals surface area contributed by atoms with Crippen LogP contribution >= 0.6 is 0 Å². The zero-order valence-electron chi connectivity index (χ0n) is 34.3. The lowest BCUT2D eigenvalue weighted by Gasteiger charge is -2.72. The number of hydrogen-bond donors (Lipinski definition) is 2. The Morgan fingerprint density at radius 2 is 1.64 bits per heavy atom. The van der Waals surface area contributed by atoms with E-state index in [0.717, 1.165) is 68.5 Å². The smallest absolute Gasteiger partial charge is 0.309 e. The average molecular weight is 762 g/mol. The van der Waals surface area contributed by atoms with Gasteiger partial charge in [-0.2, -0.15) is 0 Å². The summed E-state index contributed by atoms with van der Waals surface area (Å²) in [5.41, 5.74) is -0.465. The Morgan fingerprint density at radius 1 is 0.964 bits per heavy atom. The summed E-state index contributed by atoms with van der Waals surface area (Å²) in [7, 11) is 1.76. The molecule has 300 valence electrons. The van der Waals surface area contributed by atoms with Gasteiger partial charge < -0.3 is 19.5 Å². The van der Waals surface area contributed by atoms with Crippen LogP contribution < -0.4 is 0 Å². The molecule has 9 atom stereocenters. The van der Waals surface area contributed by atoms with Gasteiger partial charge in [-0.15, -0.1) is 10.2 Å². The first-order valence-corrected chi connectivity index (χ1v) is 20.3. The highest BCUT2D eigenvalue weighted by molar-refractivity contribution is 6.00. The van der Waals surface area contributed by atoms with E-state index in [0.29, 0.717) is 29.9 Å². The molecule has 0 radical (unpaired) electrons. The molecule has 4 saturated carbocycles. The number of aliphatic carboxylic acids is 1. The van der Waals surface area contributed by atoms with Crippen LogP contribution in [0.15, 0.2) is 23.5 Å². The van der Waals surface area contributed by atoms with Crippen LogP contribution in [0.5, 0.6) is 0 Å². The molecule has 0 unspecified atom stereocenters. The van der Waals surface area contributed by atoms with Crippen LogP contribution in [-0.4, -0.2) is 58.8 Å². The highest BCUT2D eigenvalue weighted by Crippen LogP contribution is 2.77. The number of carbonyl (C=O) groups is 3. The number of aromatic nitrogens is 5. The maximum atomic E-state index is 14.2. The van der Waals surface area contributed by atoms with Gasteiger partial charge in [-0.3, -0.25) is 14.4 Å². The second-order valence-corrected chi connectivity index (χ2v) is 20.1. The lowest BCUT2D eigenvalue weighted by molar-refractivity contribution is -0.235. The highest BCUT2D eigenvalue weighted by atomic mass is 19.1. The maximum Gasteiger partial charge on any atom is 0.309 e. The van der Waals surface area contributed by atoms with E-state index in [-0.39, 0.29) is 64.0 Å². The van der Waals surface area contributed by atoms with Crippen LogP contribution in [0.3, 0.4) is 0 Å². The van der Waals surface area contributed by atoms with E-state index in [2.05, 4.69) is 68.6 Å². The predicted octanol–water partition coefficient (Wildman–Crippen LogP) is 7.84. The molecule has 4 fully saturated rings. The van der Waals surface area contributed by atoms with E-state index in [1.165, 1.54) is 0 Å². The highest BCUT2D eigenvalue weighted by Gasteiger charge is 2.71. The minimum absolute atomic E-state index is 0.0000176. The van der Waals surface area contributed by atoms with E-state index < -0.39 is 34.7 Å². The molecule has 2 N–H and O–H groups in total. The average Bonchev–Trinajstić information content (AvgIpc) is 3.63. The molecule has 0 bridgehead atoms. The maximum absolute atomic E-state index is 14.2. The quantitative estimate of drug-likeness (QED) is 0.254. The van der Waals surface area contributed by atoms with Crippen molar-refractivity contribution in [2.45, 2.75) is 139 Å². The van der Waals surface area contributed by atoms with Crippen LogP contribution in [0, 0.1) is 62.0 Å². The molecular weight excluding hydrogens is 702 g/mol. The van der Waals surface area contributed by atoms with E-state index in [1.54, 1.807) is 25.5 Å². The third kappa shape index (κ3) is 5.68. The Morgan fingerprint density at radius 3 is 2.27 bits per heavy atom. The normalized spacial score (nSPS) is 36.1. The molecule has 11 nitrogen and oxygen atoms in total. The molecule has 0 aliphatic heterocycles. The van der Waals surface area contributed by atoms with Gasteiger partial charge in [0.05, 0.1) is 24.2 Å². The number of carbonyl (C=O) groups excluding carboxylic acids is 2. The summed E-state index contributed by atoms with van der Waals surface area (Å²) in [5.74, 6) is -0.192. The fraction of sp³-hybridized carbons (Fsp3) is 0.744. The van der Waals surface area contributed by atoms with E-state index in [4.69, 9.17) is 4.74 Å². The van der Waals surface area contributed by atoms with Gasteiger partial charge in [-0.1, -0.05) is 48.5 Å². The summed E-state index contributed by atoms with van der Waals surface area (Å²) in [6.45, 7) is 19.2. The summed E-state index contributed by atoms with van der Waals surface area (Å²) in [6.07, 6.45) is 7.96. The first-order chi connectivity index (χ1) is 25.5. The molecule has 0 amide bonds. The fourth-order valence-corrected chi connectivity index (χ4v) is 13.3. The number of nitrogens with zero attached hydrogens (tertiary/aromatic N) is 5. The molecular formula is C43H60FN5O6. The van der Waals surface area contributed by atoms with Gasteiger partial charge >= 0.3 is 11.9 Å². The summed E-state index contributed by atoms with van der Waals surface area (Å²) in [5, 5.41) is 30.9. The van der Waals surface area contributed by atoms with Gasteiger partial charge in [-0.05, 0) is 116 Å². The fourth-order valence-electron chi connectivity index (χ4n) is 13.3. The second-order valence-electron chi connectivity index (χ2n) is 20.1. The lowest BCUT2D eigenvalue weighted by atomic mass is 9.33. The minimum atomic E-state index is -1.19. The van der Waals surface area contributed by atoms with Crippen molar-refractivity contribution in [2.24, 2.45) is 63.2 Å². The number of rotatable bonds is 8. The monoisotopic (exact) mass is 761 g/mol. The Kier molecular flexibility index (Phi) is 9.38. The SMILES string of the molecule is CC(C)C1=C2[C@H]3CC[C@@H]4[C@@]5(C)CC[C@H](OC(=O)CC(C)(C)C(=O)O)C(C)(C)[C@@H]5CC[C@@]4(C)[C@]3(C)CC[C@@]2([C@H](O)c2nnc(-c3ncc(F)cn3)n2C)CC1=O. The Labute approximate surface area is 324 Å². The number of ketones is 1. The molecule has 55 heavy (non-hydrogen) atoms. The Bertz CT molecular complexity index is 1940. The largest absolute Gasteiger partial charge is 0.481 e. The second kappa shape index (κ2) is 13.0. The number of carboxylic acids is 1. The Balaban J connectivity index is 1.21. The van der Waals surface area contributed by atoms with E-state index in [9.17, 15) is 29.0 Å². The molecule has 0 saturated heterocycles. The number of carboxylic acid groups (broad SMARTS) is 1. The first kappa shape index (κ1) is 39.7. The number of esters is 1. The van der Waals surface area contributed by atoms with Crippen LogP contribution in [0.2, 0.25) is 0 Å². The number of Topliss-reactive ketones (excluding diaryl/α,β-unsaturated/α-hetero) is 1. The molecule has 2 aromatic heterocycles. The van der Waals surface area contributed by atoms with Crippen LogP contribution in [0.25, 0.3) is 11.6 Å². The number of halogens is 1. The third-order valence-electron chi connectivity index (χ3n) is 16.4. The summed E-state index contributed by atoms with van der Waals surface area (Å²) >= 11 is 0. The van der Waals surface area contributed by atoms with E-state index >= 15 is 0 Å². The van der Waals surface area contributed by atoms with Gasteiger partial charge in [0, 0.05) is 24.3 Å². The number of fused-ring (bicyclic) bond motifs is 7. The van der Waals surface area contributed by atoms with Crippen molar-refractivity contribution in [3.63, 3.8) is 0 Å². The summed E-state index contributed by atoms with van der Waals surface area (Å²) in [4.78, 5) is 47.3. The van der Waals surface area contributed by atoms with Gasteiger partial charge in [-0.25, -0.2) is 14.4 Å². The molecule has 5 aliphatic rings. The van der Waals surface area contributed by atoms with Gasteiger partial charge in [0.2, 0.25) is 5.82 Å². The zero-order chi connectivity index (χ0) is 40.3. The van der Waals surface area contributed by atoms with Crippen molar-refractivity contribution < 1.29 is 33.7 Å². The number of ether oxygens (including phenoxy) is 1. The predicted molar refractivity (Wildman–Crippen MR) is 202 cm³/mol. The molecule has 0 spiro atoms.